The van der Waals surface area contributed by atoms with Gasteiger partial charge in [0.15, 0.2) is 0 Å². The molecular formula is C13H8N4. The summed E-state index contributed by atoms with van der Waals surface area (Å²) in [7, 11) is 0. The van der Waals surface area contributed by atoms with Gasteiger partial charge in [0.2, 0.25) is 5.95 Å². The number of benzene rings is 2. The second kappa shape index (κ2) is 2.79. The molecule has 2 N–H and O–H groups in total. The van der Waals surface area contributed by atoms with E-state index >= 15 is 0 Å². The first-order chi connectivity index (χ1) is 8.34. The number of nitrogen functional groups attached to an aromatic ring is 1. The lowest BCUT2D eigenvalue weighted by Gasteiger charge is -1.99. The molecule has 0 spiro atoms. The molecule has 80 valence electrons. The monoisotopic (exact) mass is 220 g/mol. The fourth-order valence-electron chi connectivity index (χ4n) is 2.44. The van der Waals surface area contributed by atoms with E-state index in [1.165, 1.54) is 10.8 Å². The summed E-state index contributed by atoms with van der Waals surface area (Å²) in [5, 5.41) is 10.4. The van der Waals surface area contributed by atoms with Crippen LogP contribution in [0.25, 0.3) is 33.3 Å². The molecule has 0 unspecified atom stereocenters. The first-order valence-electron chi connectivity index (χ1n) is 5.37. The van der Waals surface area contributed by atoms with E-state index in [1.54, 1.807) is 0 Å². The van der Waals surface area contributed by atoms with Crippen LogP contribution in [0.5, 0.6) is 0 Å². The van der Waals surface area contributed by atoms with E-state index in [-0.39, 0.29) is 5.95 Å². The molecule has 0 bridgehead atoms. The minimum Gasteiger partial charge on any atom is -0.366 e. The average molecular weight is 220 g/mol. The summed E-state index contributed by atoms with van der Waals surface area (Å²) < 4.78 is 0. The van der Waals surface area contributed by atoms with Crippen molar-refractivity contribution in [3.05, 3.63) is 36.4 Å². The molecule has 1 aliphatic carbocycles. The Kier molecular flexibility index (Phi) is 1.42. The number of hydrogen-bond donors (Lipinski definition) is 1. The van der Waals surface area contributed by atoms with Crippen LogP contribution in [0.1, 0.15) is 0 Å². The van der Waals surface area contributed by atoms with Crippen LogP contribution < -0.4 is 5.73 Å². The van der Waals surface area contributed by atoms with Crippen LogP contribution in [-0.2, 0) is 0 Å². The summed E-state index contributed by atoms with van der Waals surface area (Å²) in [5.41, 5.74) is 9.45. The molecule has 0 fully saturated rings. The predicted octanol–water partition coefficient (Wildman–Crippen LogP) is 2.25. The van der Waals surface area contributed by atoms with Gasteiger partial charge in [-0.05, 0) is 5.39 Å². The summed E-state index contributed by atoms with van der Waals surface area (Å²) in [4.78, 5) is 4.30. The van der Waals surface area contributed by atoms with Gasteiger partial charge in [-0.2, -0.15) is 0 Å². The summed E-state index contributed by atoms with van der Waals surface area (Å²) in [6.45, 7) is 0. The third kappa shape index (κ3) is 0.990. The normalized spacial score (nSPS) is 11.8. The highest BCUT2D eigenvalue weighted by Crippen LogP contribution is 2.44. The second-order valence-corrected chi connectivity index (χ2v) is 4.08. The standard InChI is InChI=1S/C13H8N4/c14-13-15-11-8-5-1-3-7-4-2-6-9(10(7)8)12(11)16-17-13/h1-6H,(H2,14,15,17). The maximum atomic E-state index is 5.61. The highest BCUT2D eigenvalue weighted by Gasteiger charge is 2.24. The van der Waals surface area contributed by atoms with Crippen LogP contribution in [0, 0.1) is 0 Å². The first-order valence-corrected chi connectivity index (χ1v) is 5.37. The Bertz CT molecular complexity index is 759. The van der Waals surface area contributed by atoms with Crippen LogP contribution in [0.3, 0.4) is 0 Å². The van der Waals surface area contributed by atoms with Crippen molar-refractivity contribution in [1.82, 2.24) is 15.2 Å². The number of rotatable bonds is 0. The topological polar surface area (TPSA) is 64.7 Å². The van der Waals surface area contributed by atoms with E-state index in [1.807, 2.05) is 24.3 Å². The van der Waals surface area contributed by atoms with Crippen molar-refractivity contribution >= 4 is 16.7 Å². The number of hydrogen-bond acceptors (Lipinski definition) is 4. The number of fused-ring (bicyclic) bond motifs is 3. The fraction of sp³-hybridized carbons (Fsp3) is 0. The van der Waals surface area contributed by atoms with Gasteiger partial charge in [-0.15, -0.1) is 10.2 Å². The molecule has 0 amide bonds. The molecule has 4 heteroatoms. The van der Waals surface area contributed by atoms with Gasteiger partial charge in [0, 0.05) is 16.5 Å². The highest BCUT2D eigenvalue weighted by molar-refractivity contribution is 6.13. The van der Waals surface area contributed by atoms with Gasteiger partial charge in [0.1, 0.15) is 11.4 Å². The Balaban J connectivity index is 2.26. The zero-order valence-electron chi connectivity index (χ0n) is 8.88. The van der Waals surface area contributed by atoms with E-state index < -0.39 is 0 Å². The molecule has 1 heterocycles. The maximum absolute atomic E-state index is 5.61. The van der Waals surface area contributed by atoms with Gasteiger partial charge in [0.05, 0.1) is 0 Å². The van der Waals surface area contributed by atoms with Gasteiger partial charge in [-0.25, -0.2) is 4.98 Å². The number of nitrogens with two attached hydrogens (primary N) is 1. The summed E-state index contributed by atoms with van der Waals surface area (Å²) in [6.07, 6.45) is 0. The van der Waals surface area contributed by atoms with Gasteiger partial charge < -0.3 is 5.73 Å². The quantitative estimate of drug-likeness (QED) is 0.493. The number of aromatic nitrogens is 3. The molecule has 2 aromatic carbocycles. The smallest absolute Gasteiger partial charge is 0.240 e. The molecule has 17 heavy (non-hydrogen) atoms. The maximum Gasteiger partial charge on any atom is 0.240 e. The van der Waals surface area contributed by atoms with Crippen molar-refractivity contribution in [2.75, 3.05) is 5.73 Å². The predicted molar refractivity (Wildman–Crippen MR) is 66.2 cm³/mol. The second-order valence-electron chi connectivity index (χ2n) is 4.08. The van der Waals surface area contributed by atoms with Crippen molar-refractivity contribution in [2.24, 2.45) is 0 Å². The van der Waals surface area contributed by atoms with Crippen LogP contribution in [0.15, 0.2) is 36.4 Å². The van der Waals surface area contributed by atoms with Crippen molar-refractivity contribution in [3.8, 4) is 22.5 Å². The summed E-state index contributed by atoms with van der Waals surface area (Å²) in [6, 6.07) is 12.3. The molecule has 4 nitrogen and oxygen atoms in total. The Morgan fingerprint density at radius 2 is 1.53 bits per heavy atom. The number of anilines is 1. The lowest BCUT2D eigenvalue weighted by Crippen LogP contribution is -1.99. The van der Waals surface area contributed by atoms with Gasteiger partial charge in [-0.1, -0.05) is 36.4 Å². The Morgan fingerprint density at radius 1 is 0.824 bits per heavy atom. The molecule has 3 aromatic rings. The third-order valence-electron chi connectivity index (χ3n) is 3.12. The SMILES string of the molecule is Nc1nnc2c(n1)-c1cccc3cccc-2c13. The first kappa shape index (κ1) is 8.64. The summed E-state index contributed by atoms with van der Waals surface area (Å²) >= 11 is 0. The average Bonchev–Trinajstić information content (AvgIpc) is 2.67. The molecule has 0 radical (unpaired) electrons. The van der Waals surface area contributed by atoms with Crippen molar-refractivity contribution in [2.45, 2.75) is 0 Å². The molecular weight excluding hydrogens is 212 g/mol. The summed E-state index contributed by atoms with van der Waals surface area (Å²) in [5.74, 6) is 0.216. The van der Waals surface area contributed by atoms with Crippen LogP contribution in [0.4, 0.5) is 5.95 Å². The Hall–Kier alpha value is -2.49. The molecule has 0 saturated carbocycles. The zero-order chi connectivity index (χ0) is 11.4. The number of nitrogens with zero attached hydrogens (tertiary/aromatic N) is 3. The zero-order valence-corrected chi connectivity index (χ0v) is 8.88. The van der Waals surface area contributed by atoms with Crippen LogP contribution in [-0.4, -0.2) is 15.2 Å². The van der Waals surface area contributed by atoms with E-state index in [0.29, 0.717) is 0 Å². The van der Waals surface area contributed by atoms with Crippen molar-refractivity contribution in [3.63, 3.8) is 0 Å². The van der Waals surface area contributed by atoms with Gasteiger partial charge in [0.25, 0.3) is 0 Å². The Labute approximate surface area is 97.1 Å². The fourth-order valence-corrected chi connectivity index (χ4v) is 2.44. The molecule has 1 aliphatic rings. The van der Waals surface area contributed by atoms with Crippen molar-refractivity contribution in [1.29, 1.82) is 0 Å². The minimum absolute atomic E-state index is 0.216. The minimum atomic E-state index is 0.216. The van der Waals surface area contributed by atoms with E-state index in [9.17, 15) is 0 Å². The molecule has 1 aromatic heterocycles. The van der Waals surface area contributed by atoms with Gasteiger partial charge in [-0.3, -0.25) is 0 Å². The van der Waals surface area contributed by atoms with E-state index in [4.69, 9.17) is 5.73 Å². The highest BCUT2D eigenvalue weighted by atomic mass is 15.2. The van der Waals surface area contributed by atoms with E-state index in [2.05, 4.69) is 27.3 Å². The Morgan fingerprint density at radius 3 is 2.29 bits per heavy atom. The van der Waals surface area contributed by atoms with E-state index in [0.717, 1.165) is 22.5 Å². The van der Waals surface area contributed by atoms with Gasteiger partial charge >= 0.3 is 0 Å². The third-order valence-corrected chi connectivity index (χ3v) is 3.12. The molecule has 0 aliphatic heterocycles. The lowest BCUT2D eigenvalue weighted by molar-refractivity contribution is 1.00. The van der Waals surface area contributed by atoms with Crippen molar-refractivity contribution < 1.29 is 0 Å². The molecule has 0 atom stereocenters. The van der Waals surface area contributed by atoms with Crippen LogP contribution >= 0.6 is 0 Å². The molecule has 0 saturated heterocycles. The largest absolute Gasteiger partial charge is 0.366 e. The lowest BCUT2D eigenvalue weighted by atomic mass is 10.0. The van der Waals surface area contributed by atoms with Crippen LogP contribution in [0.2, 0.25) is 0 Å². The molecule has 4 rings (SSSR count).